The highest BCUT2D eigenvalue weighted by Gasteiger charge is 2.42. The number of hydrogen-bond donors (Lipinski definition) is 0. The van der Waals surface area contributed by atoms with Gasteiger partial charge in [0.2, 0.25) is 0 Å². The lowest BCUT2D eigenvalue weighted by Gasteiger charge is -2.17. The lowest BCUT2D eigenvalue weighted by molar-refractivity contribution is -0.139. The first-order chi connectivity index (χ1) is 6.68. The summed E-state index contributed by atoms with van der Waals surface area (Å²) in [6.07, 6.45) is -4.20. The van der Waals surface area contributed by atoms with Crippen LogP contribution in [-0.4, -0.2) is 5.16 Å². The Labute approximate surface area is 86.4 Å². The molecule has 0 amide bonds. The highest BCUT2D eigenvalue weighted by Crippen LogP contribution is 2.39. The van der Waals surface area contributed by atoms with Crippen LogP contribution in [0, 0.1) is 0 Å². The molecule has 86 valence electrons. The van der Waals surface area contributed by atoms with Crippen molar-refractivity contribution >= 4 is 0 Å². The van der Waals surface area contributed by atoms with Crippen molar-refractivity contribution in [1.29, 1.82) is 0 Å². The van der Waals surface area contributed by atoms with Crippen LogP contribution < -0.4 is 0 Å². The standard InChI is InChI=1S/C10H14F3NO/c1-5-6-7(10(11,12)13)8(14-15-6)9(2,3)4/h5H2,1-4H3. The molecule has 2 nitrogen and oxygen atoms in total. The van der Waals surface area contributed by atoms with Crippen LogP contribution in [0.15, 0.2) is 4.52 Å². The Morgan fingerprint density at radius 3 is 2.07 bits per heavy atom. The Kier molecular flexibility index (Phi) is 2.85. The summed E-state index contributed by atoms with van der Waals surface area (Å²) < 4.78 is 43.0. The zero-order valence-electron chi connectivity index (χ0n) is 9.20. The van der Waals surface area contributed by atoms with Crippen molar-refractivity contribution < 1.29 is 17.7 Å². The van der Waals surface area contributed by atoms with Gasteiger partial charge in [-0.05, 0) is 0 Å². The van der Waals surface area contributed by atoms with Crippen LogP contribution in [0.1, 0.15) is 44.7 Å². The predicted molar refractivity (Wildman–Crippen MR) is 49.6 cm³/mol. The fourth-order valence-electron chi connectivity index (χ4n) is 1.37. The maximum absolute atomic E-state index is 12.8. The molecule has 0 fully saturated rings. The van der Waals surface area contributed by atoms with Crippen molar-refractivity contribution in [3.8, 4) is 0 Å². The van der Waals surface area contributed by atoms with E-state index >= 15 is 0 Å². The number of halogens is 3. The van der Waals surface area contributed by atoms with Crippen LogP contribution >= 0.6 is 0 Å². The van der Waals surface area contributed by atoms with Gasteiger partial charge in [-0.2, -0.15) is 13.2 Å². The molecule has 0 saturated carbocycles. The van der Waals surface area contributed by atoms with Gasteiger partial charge in [-0.1, -0.05) is 32.9 Å². The molecule has 1 rings (SSSR count). The van der Waals surface area contributed by atoms with Crippen LogP contribution in [0.4, 0.5) is 13.2 Å². The van der Waals surface area contributed by atoms with Gasteiger partial charge in [-0.15, -0.1) is 0 Å². The Morgan fingerprint density at radius 2 is 1.73 bits per heavy atom. The SMILES string of the molecule is CCc1onc(C(C)(C)C)c1C(F)(F)F. The zero-order chi connectivity index (χ0) is 11.9. The number of alkyl halides is 3. The Balaban J connectivity index is 3.37. The van der Waals surface area contributed by atoms with Crippen LogP contribution in [0.3, 0.4) is 0 Å². The summed E-state index contributed by atoms with van der Waals surface area (Å²) in [6, 6.07) is 0. The van der Waals surface area contributed by atoms with E-state index in [1.807, 2.05) is 0 Å². The van der Waals surface area contributed by atoms with Crippen LogP contribution in [0.5, 0.6) is 0 Å². The van der Waals surface area contributed by atoms with Crippen LogP contribution in [0.25, 0.3) is 0 Å². The van der Waals surface area contributed by atoms with Gasteiger partial charge in [0, 0.05) is 11.8 Å². The van der Waals surface area contributed by atoms with Crippen molar-refractivity contribution in [2.24, 2.45) is 0 Å². The van der Waals surface area contributed by atoms with E-state index in [4.69, 9.17) is 4.52 Å². The molecule has 0 aliphatic heterocycles. The third-order valence-electron chi connectivity index (χ3n) is 2.08. The zero-order valence-corrected chi connectivity index (χ0v) is 9.20. The van der Waals surface area contributed by atoms with Crippen LogP contribution in [0.2, 0.25) is 0 Å². The van der Waals surface area contributed by atoms with Crippen molar-refractivity contribution in [2.75, 3.05) is 0 Å². The van der Waals surface area contributed by atoms with Gasteiger partial charge in [0.05, 0.1) is 0 Å². The molecule has 0 bridgehead atoms. The normalized spacial score (nSPS) is 13.3. The topological polar surface area (TPSA) is 26.0 Å². The van der Waals surface area contributed by atoms with Crippen molar-refractivity contribution in [2.45, 2.75) is 45.7 Å². The minimum atomic E-state index is -4.39. The molecule has 0 aliphatic carbocycles. The molecule has 0 aliphatic rings. The van der Waals surface area contributed by atoms with Crippen molar-refractivity contribution in [1.82, 2.24) is 5.16 Å². The quantitative estimate of drug-likeness (QED) is 0.724. The summed E-state index contributed by atoms with van der Waals surface area (Å²) in [4.78, 5) is 0. The molecule has 1 heterocycles. The second-order valence-corrected chi connectivity index (χ2v) is 4.43. The first-order valence-electron chi connectivity index (χ1n) is 4.74. The number of hydrogen-bond acceptors (Lipinski definition) is 2. The smallest absolute Gasteiger partial charge is 0.360 e. The highest BCUT2D eigenvalue weighted by atomic mass is 19.4. The van der Waals surface area contributed by atoms with Gasteiger partial charge in [0.1, 0.15) is 17.0 Å². The third kappa shape index (κ3) is 2.33. The summed E-state index contributed by atoms with van der Waals surface area (Å²) in [7, 11) is 0. The number of nitrogens with zero attached hydrogens (tertiary/aromatic N) is 1. The Bertz CT molecular complexity index is 347. The molecule has 0 N–H and O–H groups in total. The minimum absolute atomic E-state index is 0.0214. The molecule has 0 spiro atoms. The van der Waals surface area contributed by atoms with E-state index in [0.29, 0.717) is 0 Å². The maximum Gasteiger partial charge on any atom is 0.421 e. The molecule has 0 atom stereocenters. The van der Waals surface area contributed by atoms with E-state index in [-0.39, 0.29) is 17.9 Å². The first kappa shape index (κ1) is 12.1. The molecule has 0 saturated heterocycles. The monoisotopic (exact) mass is 221 g/mol. The maximum atomic E-state index is 12.8. The van der Waals surface area contributed by atoms with Crippen molar-refractivity contribution in [3.05, 3.63) is 17.0 Å². The molecular formula is C10H14F3NO. The van der Waals surface area contributed by atoms with Crippen LogP contribution in [-0.2, 0) is 18.0 Å². The number of rotatable bonds is 1. The molecule has 0 radical (unpaired) electrons. The lowest BCUT2D eigenvalue weighted by atomic mass is 9.88. The second kappa shape index (κ2) is 3.54. The van der Waals surface area contributed by atoms with E-state index in [0.717, 1.165) is 0 Å². The summed E-state index contributed by atoms with van der Waals surface area (Å²) in [5, 5.41) is 3.53. The first-order valence-corrected chi connectivity index (χ1v) is 4.74. The number of aromatic nitrogens is 1. The van der Waals surface area contributed by atoms with Gasteiger partial charge in [-0.3, -0.25) is 0 Å². The molecule has 1 aromatic heterocycles. The van der Waals surface area contributed by atoms with Gasteiger partial charge >= 0.3 is 6.18 Å². The summed E-state index contributed by atoms with van der Waals surface area (Å²) in [5.41, 5.74) is -1.40. The van der Waals surface area contributed by atoms with E-state index in [1.54, 1.807) is 27.7 Å². The lowest BCUT2D eigenvalue weighted by Crippen LogP contribution is -2.19. The third-order valence-corrected chi connectivity index (χ3v) is 2.08. The molecule has 1 aromatic rings. The number of aryl methyl sites for hydroxylation is 1. The molecule has 5 heteroatoms. The average molecular weight is 221 g/mol. The summed E-state index contributed by atoms with van der Waals surface area (Å²) in [5.74, 6) is -0.0903. The van der Waals surface area contributed by atoms with E-state index in [1.165, 1.54) is 0 Å². The minimum Gasteiger partial charge on any atom is -0.360 e. The largest absolute Gasteiger partial charge is 0.421 e. The molecule has 0 unspecified atom stereocenters. The summed E-state index contributed by atoms with van der Waals surface area (Å²) in [6.45, 7) is 6.65. The fourth-order valence-corrected chi connectivity index (χ4v) is 1.37. The molecular weight excluding hydrogens is 207 g/mol. The van der Waals surface area contributed by atoms with E-state index < -0.39 is 17.2 Å². The fraction of sp³-hybridized carbons (Fsp3) is 0.700. The van der Waals surface area contributed by atoms with Gasteiger partial charge in [0.25, 0.3) is 0 Å². The Hall–Kier alpha value is -1.00. The van der Waals surface area contributed by atoms with E-state index in [9.17, 15) is 13.2 Å². The van der Waals surface area contributed by atoms with Gasteiger partial charge in [-0.25, -0.2) is 0 Å². The summed E-state index contributed by atoms with van der Waals surface area (Å²) >= 11 is 0. The van der Waals surface area contributed by atoms with Gasteiger partial charge < -0.3 is 4.52 Å². The van der Waals surface area contributed by atoms with Crippen molar-refractivity contribution in [3.63, 3.8) is 0 Å². The average Bonchev–Trinajstić information content (AvgIpc) is 2.44. The Morgan fingerprint density at radius 1 is 1.20 bits per heavy atom. The van der Waals surface area contributed by atoms with E-state index in [2.05, 4.69) is 5.16 Å². The highest BCUT2D eigenvalue weighted by molar-refractivity contribution is 5.31. The second-order valence-electron chi connectivity index (χ2n) is 4.43. The molecule has 0 aromatic carbocycles. The van der Waals surface area contributed by atoms with Gasteiger partial charge in [0.15, 0.2) is 0 Å². The predicted octanol–water partition coefficient (Wildman–Crippen LogP) is 3.55. The molecule has 15 heavy (non-hydrogen) atoms.